The van der Waals surface area contributed by atoms with Gasteiger partial charge in [-0.05, 0) is 49.4 Å². The van der Waals surface area contributed by atoms with Gasteiger partial charge in [0.2, 0.25) is 15.9 Å². The number of hydrogen-bond acceptors (Lipinski definition) is 5. The second kappa shape index (κ2) is 10.2. The molecule has 0 saturated carbocycles. The standard InChI is InChI=1S/C23H30N4O4S/c1-17(2)21(25-22(28)18-7-5-4-6-8-18)23(29)24-19-9-11-20(12-10-19)32(30,31)27-15-13-26(3)14-16-27/h4-12,17,21H,13-16H2,1-3H3,(H,24,29)(H,25,28)/t21-/m0/s1. The lowest BCUT2D eigenvalue weighted by Gasteiger charge is -2.31. The summed E-state index contributed by atoms with van der Waals surface area (Å²) in [5.74, 6) is -0.827. The molecule has 0 aromatic heterocycles. The maximum Gasteiger partial charge on any atom is 0.251 e. The fraction of sp³-hybridized carbons (Fsp3) is 0.391. The van der Waals surface area contributed by atoms with E-state index in [2.05, 4.69) is 15.5 Å². The van der Waals surface area contributed by atoms with Crippen LogP contribution in [0.25, 0.3) is 0 Å². The number of benzene rings is 2. The summed E-state index contributed by atoms with van der Waals surface area (Å²) in [5, 5.41) is 5.55. The Bertz CT molecular complexity index is 1030. The minimum absolute atomic E-state index is 0.139. The SMILES string of the molecule is CC(C)[C@H](NC(=O)c1ccccc1)C(=O)Nc1ccc(S(=O)(=O)N2CCN(C)CC2)cc1. The number of likely N-dealkylation sites (N-methyl/N-ethyl adjacent to an activating group) is 1. The zero-order valence-corrected chi connectivity index (χ0v) is 19.4. The third kappa shape index (κ3) is 5.73. The molecule has 0 bridgehead atoms. The molecule has 0 aliphatic carbocycles. The highest BCUT2D eigenvalue weighted by Gasteiger charge is 2.28. The third-order valence-corrected chi connectivity index (χ3v) is 7.41. The largest absolute Gasteiger partial charge is 0.340 e. The van der Waals surface area contributed by atoms with Gasteiger partial charge in [0.25, 0.3) is 5.91 Å². The Morgan fingerprint density at radius 1 is 0.906 bits per heavy atom. The molecular formula is C23H30N4O4S. The average Bonchev–Trinajstić information content (AvgIpc) is 2.78. The maximum absolute atomic E-state index is 12.9. The van der Waals surface area contributed by atoms with Crippen LogP contribution < -0.4 is 10.6 Å². The Kier molecular flexibility index (Phi) is 7.65. The smallest absolute Gasteiger partial charge is 0.251 e. The van der Waals surface area contributed by atoms with E-state index in [4.69, 9.17) is 0 Å². The Labute approximate surface area is 189 Å². The van der Waals surface area contributed by atoms with E-state index in [-0.39, 0.29) is 22.6 Å². The van der Waals surface area contributed by atoms with Crippen LogP contribution in [0.2, 0.25) is 0 Å². The number of nitrogens with zero attached hydrogens (tertiary/aromatic N) is 2. The molecule has 1 saturated heterocycles. The van der Waals surface area contributed by atoms with Gasteiger partial charge in [0.1, 0.15) is 6.04 Å². The van der Waals surface area contributed by atoms with Crippen molar-refractivity contribution in [1.29, 1.82) is 0 Å². The summed E-state index contributed by atoms with van der Waals surface area (Å²) in [4.78, 5) is 27.6. The van der Waals surface area contributed by atoms with Crippen LogP contribution in [0.4, 0.5) is 5.69 Å². The average molecular weight is 459 g/mol. The van der Waals surface area contributed by atoms with E-state index in [1.165, 1.54) is 16.4 Å². The van der Waals surface area contributed by atoms with Gasteiger partial charge in [-0.15, -0.1) is 0 Å². The molecule has 1 heterocycles. The molecule has 0 radical (unpaired) electrons. The summed E-state index contributed by atoms with van der Waals surface area (Å²) < 4.78 is 27.2. The number of hydrogen-bond donors (Lipinski definition) is 2. The van der Waals surface area contributed by atoms with Crippen molar-refractivity contribution in [1.82, 2.24) is 14.5 Å². The van der Waals surface area contributed by atoms with Crippen molar-refractivity contribution in [2.75, 3.05) is 38.5 Å². The van der Waals surface area contributed by atoms with Crippen molar-refractivity contribution in [3.05, 3.63) is 60.2 Å². The first-order chi connectivity index (χ1) is 15.2. The van der Waals surface area contributed by atoms with Gasteiger partial charge in [0, 0.05) is 37.4 Å². The summed E-state index contributed by atoms with van der Waals surface area (Å²) in [7, 11) is -1.60. The number of rotatable bonds is 7. The van der Waals surface area contributed by atoms with E-state index in [1.54, 1.807) is 36.4 Å². The van der Waals surface area contributed by atoms with Crippen molar-refractivity contribution in [2.24, 2.45) is 5.92 Å². The first-order valence-electron chi connectivity index (χ1n) is 10.6. The molecule has 172 valence electrons. The van der Waals surface area contributed by atoms with Gasteiger partial charge in [0.15, 0.2) is 0 Å². The maximum atomic E-state index is 12.9. The van der Waals surface area contributed by atoms with Crippen LogP contribution in [0.5, 0.6) is 0 Å². The molecule has 1 fully saturated rings. The van der Waals surface area contributed by atoms with E-state index < -0.39 is 16.1 Å². The second-order valence-electron chi connectivity index (χ2n) is 8.28. The van der Waals surface area contributed by atoms with Crippen LogP contribution in [0, 0.1) is 5.92 Å². The van der Waals surface area contributed by atoms with Crippen molar-refractivity contribution >= 4 is 27.5 Å². The molecule has 2 amide bonds. The van der Waals surface area contributed by atoms with Gasteiger partial charge in [-0.2, -0.15) is 4.31 Å². The predicted molar refractivity (Wildman–Crippen MR) is 124 cm³/mol. The first kappa shape index (κ1) is 23.9. The van der Waals surface area contributed by atoms with Crippen LogP contribution in [0.3, 0.4) is 0 Å². The molecule has 2 aromatic rings. The molecule has 0 spiro atoms. The van der Waals surface area contributed by atoms with Crippen LogP contribution in [-0.4, -0.2) is 68.7 Å². The topological polar surface area (TPSA) is 98.8 Å². The van der Waals surface area contributed by atoms with E-state index in [1.807, 2.05) is 27.0 Å². The van der Waals surface area contributed by atoms with Gasteiger partial charge < -0.3 is 15.5 Å². The number of nitrogens with one attached hydrogen (secondary N) is 2. The van der Waals surface area contributed by atoms with E-state index in [0.29, 0.717) is 37.4 Å². The molecule has 0 unspecified atom stereocenters. The predicted octanol–water partition coefficient (Wildman–Crippen LogP) is 2.02. The van der Waals surface area contributed by atoms with Gasteiger partial charge in [-0.1, -0.05) is 32.0 Å². The number of anilines is 1. The van der Waals surface area contributed by atoms with E-state index in [9.17, 15) is 18.0 Å². The molecule has 1 atom stereocenters. The van der Waals surface area contributed by atoms with Crippen LogP contribution in [0.1, 0.15) is 24.2 Å². The number of piperazine rings is 1. The highest BCUT2D eigenvalue weighted by atomic mass is 32.2. The Morgan fingerprint density at radius 2 is 1.50 bits per heavy atom. The molecule has 8 nitrogen and oxygen atoms in total. The van der Waals surface area contributed by atoms with Crippen molar-refractivity contribution in [3.8, 4) is 0 Å². The van der Waals surface area contributed by atoms with Gasteiger partial charge in [-0.25, -0.2) is 8.42 Å². The minimum atomic E-state index is -3.57. The summed E-state index contributed by atoms with van der Waals surface area (Å²) in [6, 6.07) is 14.1. The molecular weight excluding hydrogens is 428 g/mol. The normalized spacial score (nSPS) is 16.5. The highest BCUT2D eigenvalue weighted by molar-refractivity contribution is 7.89. The Balaban J connectivity index is 1.66. The van der Waals surface area contributed by atoms with Gasteiger partial charge >= 0.3 is 0 Å². The monoisotopic (exact) mass is 458 g/mol. The summed E-state index contributed by atoms with van der Waals surface area (Å²) >= 11 is 0. The first-order valence-corrected chi connectivity index (χ1v) is 12.1. The Morgan fingerprint density at radius 3 is 2.06 bits per heavy atom. The molecule has 2 N–H and O–H groups in total. The molecule has 2 aromatic carbocycles. The lowest BCUT2D eigenvalue weighted by atomic mass is 10.0. The van der Waals surface area contributed by atoms with Crippen molar-refractivity contribution in [2.45, 2.75) is 24.8 Å². The molecule has 9 heteroatoms. The molecule has 32 heavy (non-hydrogen) atoms. The Hall–Kier alpha value is -2.75. The summed E-state index contributed by atoms with van der Waals surface area (Å²) in [5.41, 5.74) is 0.941. The zero-order chi connectivity index (χ0) is 23.3. The van der Waals surface area contributed by atoms with Gasteiger partial charge in [0.05, 0.1) is 4.90 Å². The molecule has 3 rings (SSSR count). The number of sulfonamides is 1. The van der Waals surface area contributed by atoms with Crippen LogP contribution in [0.15, 0.2) is 59.5 Å². The highest BCUT2D eigenvalue weighted by Crippen LogP contribution is 2.20. The fourth-order valence-electron chi connectivity index (χ4n) is 3.46. The number of amides is 2. The zero-order valence-electron chi connectivity index (χ0n) is 18.6. The van der Waals surface area contributed by atoms with Crippen LogP contribution in [-0.2, 0) is 14.8 Å². The quantitative estimate of drug-likeness (QED) is 0.661. The molecule has 1 aliphatic heterocycles. The lowest BCUT2D eigenvalue weighted by molar-refractivity contribution is -0.118. The fourth-order valence-corrected chi connectivity index (χ4v) is 4.88. The lowest BCUT2D eigenvalue weighted by Crippen LogP contribution is -2.47. The molecule has 1 aliphatic rings. The second-order valence-corrected chi connectivity index (χ2v) is 10.2. The third-order valence-electron chi connectivity index (χ3n) is 5.49. The van der Waals surface area contributed by atoms with Crippen LogP contribution >= 0.6 is 0 Å². The van der Waals surface area contributed by atoms with Crippen molar-refractivity contribution < 1.29 is 18.0 Å². The van der Waals surface area contributed by atoms with E-state index >= 15 is 0 Å². The number of carbonyl (C=O) groups excluding carboxylic acids is 2. The summed E-state index contributed by atoms with van der Waals surface area (Å²) in [6.45, 7) is 5.99. The van der Waals surface area contributed by atoms with Gasteiger partial charge in [-0.3, -0.25) is 9.59 Å². The van der Waals surface area contributed by atoms with Crippen molar-refractivity contribution in [3.63, 3.8) is 0 Å². The minimum Gasteiger partial charge on any atom is -0.340 e. The van der Waals surface area contributed by atoms with E-state index in [0.717, 1.165) is 0 Å². The number of carbonyl (C=O) groups is 2. The summed E-state index contributed by atoms with van der Waals surface area (Å²) in [6.07, 6.45) is 0.